The maximum atomic E-state index is 6.28. The maximum absolute atomic E-state index is 6.28. The summed E-state index contributed by atoms with van der Waals surface area (Å²) in [5.74, 6) is 1.79. The molecule has 0 amide bonds. The van der Waals surface area contributed by atoms with E-state index in [9.17, 15) is 0 Å². The molecule has 6 nitrogen and oxygen atoms in total. The van der Waals surface area contributed by atoms with Crippen LogP contribution in [-0.4, -0.2) is 36.8 Å². The number of halogens is 2. The van der Waals surface area contributed by atoms with Gasteiger partial charge in [0.15, 0.2) is 5.75 Å². The third-order valence-corrected chi connectivity index (χ3v) is 4.98. The van der Waals surface area contributed by atoms with Gasteiger partial charge in [-0.1, -0.05) is 23.2 Å². The van der Waals surface area contributed by atoms with E-state index >= 15 is 0 Å². The zero-order chi connectivity index (χ0) is 18.8. The Balaban J connectivity index is 1.65. The van der Waals surface area contributed by atoms with E-state index in [1.54, 1.807) is 19.4 Å². The van der Waals surface area contributed by atoms with Crippen molar-refractivity contribution in [3.63, 3.8) is 0 Å². The lowest BCUT2D eigenvalue weighted by Crippen LogP contribution is -2.33. The first-order chi connectivity index (χ1) is 13.2. The molecule has 140 valence electrons. The van der Waals surface area contributed by atoms with Crippen LogP contribution in [0.4, 0.5) is 11.6 Å². The van der Waals surface area contributed by atoms with Gasteiger partial charge in [0.05, 0.1) is 29.9 Å². The molecule has 0 spiro atoms. The van der Waals surface area contributed by atoms with E-state index in [1.165, 1.54) is 0 Å². The highest BCUT2D eigenvalue weighted by Gasteiger charge is 2.17. The molecule has 0 aliphatic carbocycles. The van der Waals surface area contributed by atoms with Gasteiger partial charge in [0, 0.05) is 24.7 Å². The quantitative estimate of drug-likeness (QED) is 0.673. The van der Waals surface area contributed by atoms with Gasteiger partial charge in [0.2, 0.25) is 0 Å². The molecule has 1 aromatic carbocycles. The monoisotopic (exact) mass is 404 g/mol. The summed E-state index contributed by atoms with van der Waals surface area (Å²) in [5, 5.41) is 8.27. The molecule has 4 rings (SSSR count). The standard InChI is InChI=1S/C19H18Cl2N4O2/c1-26-19-14(21)9-13(20)12-2-3-16(25-18(12)19)24-17-8-11(4-5-23-17)15-10-22-6-7-27-15/h2-5,8-9,15,22H,6-7,10H2,1H3,(H,23,24,25). The predicted molar refractivity (Wildman–Crippen MR) is 107 cm³/mol. The smallest absolute Gasteiger partial charge is 0.163 e. The molecule has 1 unspecified atom stereocenters. The lowest BCUT2D eigenvalue weighted by molar-refractivity contribution is 0.0277. The van der Waals surface area contributed by atoms with E-state index in [4.69, 9.17) is 32.7 Å². The summed E-state index contributed by atoms with van der Waals surface area (Å²) < 4.78 is 11.2. The number of ether oxygens (including phenoxy) is 2. The number of hydrogen-bond acceptors (Lipinski definition) is 6. The Labute approximate surface area is 166 Å². The molecule has 8 heteroatoms. The Hall–Kier alpha value is -2.12. The molecule has 1 saturated heterocycles. The van der Waals surface area contributed by atoms with Crippen molar-refractivity contribution in [2.75, 3.05) is 32.1 Å². The van der Waals surface area contributed by atoms with Crippen molar-refractivity contribution < 1.29 is 9.47 Å². The van der Waals surface area contributed by atoms with Gasteiger partial charge in [0.25, 0.3) is 0 Å². The first-order valence-corrected chi connectivity index (χ1v) is 9.29. The third kappa shape index (κ3) is 3.80. The Kier molecular flexibility index (Phi) is 5.31. The van der Waals surface area contributed by atoms with Crippen molar-refractivity contribution in [3.8, 4) is 5.75 Å². The van der Waals surface area contributed by atoms with Crippen LogP contribution in [0.5, 0.6) is 5.75 Å². The Morgan fingerprint density at radius 1 is 1.19 bits per heavy atom. The highest BCUT2D eigenvalue weighted by Crippen LogP contribution is 2.37. The van der Waals surface area contributed by atoms with Crippen molar-refractivity contribution in [2.24, 2.45) is 0 Å². The van der Waals surface area contributed by atoms with Gasteiger partial charge in [-0.25, -0.2) is 9.97 Å². The van der Waals surface area contributed by atoms with Crippen molar-refractivity contribution >= 4 is 45.7 Å². The van der Waals surface area contributed by atoms with E-state index < -0.39 is 0 Å². The van der Waals surface area contributed by atoms with E-state index in [2.05, 4.69) is 20.6 Å². The van der Waals surface area contributed by atoms with Gasteiger partial charge in [-0.15, -0.1) is 0 Å². The Morgan fingerprint density at radius 3 is 2.85 bits per heavy atom. The van der Waals surface area contributed by atoms with E-state index in [0.29, 0.717) is 39.6 Å². The summed E-state index contributed by atoms with van der Waals surface area (Å²) in [7, 11) is 1.56. The van der Waals surface area contributed by atoms with Crippen LogP contribution in [0.2, 0.25) is 10.0 Å². The van der Waals surface area contributed by atoms with Crippen LogP contribution in [0.3, 0.4) is 0 Å². The number of nitrogens with zero attached hydrogens (tertiary/aromatic N) is 2. The summed E-state index contributed by atoms with van der Waals surface area (Å²) in [5.41, 5.74) is 1.65. The fourth-order valence-electron chi connectivity index (χ4n) is 3.08. The fraction of sp³-hybridized carbons (Fsp3) is 0.263. The molecule has 1 atom stereocenters. The zero-order valence-electron chi connectivity index (χ0n) is 14.6. The number of rotatable bonds is 4. The molecule has 27 heavy (non-hydrogen) atoms. The van der Waals surface area contributed by atoms with Crippen LogP contribution in [-0.2, 0) is 4.74 Å². The van der Waals surface area contributed by atoms with E-state index in [1.807, 2.05) is 24.3 Å². The average Bonchev–Trinajstić information content (AvgIpc) is 2.69. The average molecular weight is 405 g/mol. The van der Waals surface area contributed by atoms with Gasteiger partial charge in [0.1, 0.15) is 17.2 Å². The van der Waals surface area contributed by atoms with Crippen molar-refractivity contribution in [2.45, 2.75) is 6.10 Å². The first kappa shape index (κ1) is 18.3. The number of nitrogens with one attached hydrogen (secondary N) is 2. The number of aromatic nitrogens is 2. The molecule has 2 N–H and O–H groups in total. The SMILES string of the molecule is COc1c(Cl)cc(Cl)c2ccc(Nc3cc(C4CNCCO4)ccn3)nc12. The van der Waals surface area contributed by atoms with Gasteiger partial charge in [-0.05, 0) is 35.9 Å². The zero-order valence-corrected chi connectivity index (χ0v) is 16.1. The molecule has 2 aromatic heterocycles. The summed E-state index contributed by atoms with van der Waals surface area (Å²) in [6.07, 6.45) is 1.77. The second-order valence-corrected chi connectivity index (χ2v) is 6.94. The van der Waals surface area contributed by atoms with E-state index in [-0.39, 0.29) is 6.10 Å². The largest absolute Gasteiger partial charge is 0.493 e. The second kappa shape index (κ2) is 7.86. The van der Waals surface area contributed by atoms with Gasteiger partial charge in [-0.3, -0.25) is 0 Å². The van der Waals surface area contributed by atoms with Crippen LogP contribution < -0.4 is 15.4 Å². The lowest BCUT2D eigenvalue weighted by atomic mass is 10.1. The fourth-order valence-corrected chi connectivity index (χ4v) is 3.68. The first-order valence-electron chi connectivity index (χ1n) is 8.54. The van der Waals surface area contributed by atoms with Crippen molar-refractivity contribution in [1.82, 2.24) is 15.3 Å². The molecule has 1 aliphatic heterocycles. The van der Waals surface area contributed by atoms with Crippen LogP contribution >= 0.6 is 23.2 Å². The number of methoxy groups -OCH3 is 1. The number of hydrogen-bond donors (Lipinski definition) is 2. The minimum Gasteiger partial charge on any atom is -0.493 e. The lowest BCUT2D eigenvalue weighted by Gasteiger charge is -2.24. The molecular weight excluding hydrogens is 387 g/mol. The predicted octanol–water partition coefficient (Wildman–Crippen LogP) is 4.35. The minimum absolute atomic E-state index is 0.0181. The van der Waals surface area contributed by atoms with Crippen molar-refractivity contribution in [1.29, 1.82) is 0 Å². The van der Waals surface area contributed by atoms with E-state index in [0.717, 1.165) is 24.0 Å². The topological polar surface area (TPSA) is 68.3 Å². The summed E-state index contributed by atoms with van der Waals surface area (Å²) in [6, 6.07) is 9.30. The molecule has 3 heterocycles. The number of pyridine rings is 2. The van der Waals surface area contributed by atoms with Crippen LogP contribution in [0.25, 0.3) is 10.9 Å². The van der Waals surface area contributed by atoms with Gasteiger partial charge in [-0.2, -0.15) is 0 Å². The number of anilines is 2. The van der Waals surface area contributed by atoms with Crippen LogP contribution in [0, 0.1) is 0 Å². The van der Waals surface area contributed by atoms with Gasteiger partial charge >= 0.3 is 0 Å². The summed E-state index contributed by atoms with van der Waals surface area (Å²) in [4.78, 5) is 8.99. The highest BCUT2D eigenvalue weighted by molar-refractivity contribution is 6.39. The number of benzene rings is 1. The molecule has 0 radical (unpaired) electrons. The molecule has 1 aliphatic rings. The highest BCUT2D eigenvalue weighted by atomic mass is 35.5. The molecule has 3 aromatic rings. The Bertz CT molecular complexity index is 977. The van der Waals surface area contributed by atoms with Crippen molar-refractivity contribution in [3.05, 3.63) is 52.1 Å². The molecule has 1 fully saturated rings. The second-order valence-electron chi connectivity index (χ2n) is 6.13. The molecular formula is C19H18Cl2N4O2. The van der Waals surface area contributed by atoms with Crippen LogP contribution in [0.1, 0.15) is 11.7 Å². The summed E-state index contributed by atoms with van der Waals surface area (Å²) >= 11 is 12.5. The van der Waals surface area contributed by atoms with Gasteiger partial charge < -0.3 is 20.1 Å². The minimum atomic E-state index is 0.0181. The normalized spacial score (nSPS) is 17.1. The molecule has 0 saturated carbocycles. The third-order valence-electron chi connectivity index (χ3n) is 4.38. The Morgan fingerprint density at radius 2 is 2.07 bits per heavy atom. The number of fused-ring (bicyclic) bond motifs is 1. The molecule has 0 bridgehead atoms. The maximum Gasteiger partial charge on any atom is 0.163 e. The van der Waals surface area contributed by atoms with Crippen LogP contribution in [0.15, 0.2) is 36.5 Å². The number of morpholine rings is 1. The summed E-state index contributed by atoms with van der Waals surface area (Å²) in [6.45, 7) is 2.36.